The van der Waals surface area contributed by atoms with Crippen molar-refractivity contribution in [1.82, 2.24) is 19.9 Å². The van der Waals surface area contributed by atoms with Gasteiger partial charge in [0.15, 0.2) is 0 Å². The molecular weight excluding hydrogens is 456 g/mol. The molecule has 6 heteroatoms. The van der Waals surface area contributed by atoms with Gasteiger partial charge in [-0.3, -0.25) is 0 Å². The van der Waals surface area contributed by atoms with Crippen molar-refractivity contribution in [3.05, 3.63) is 97.1 Å². The molecule has 7 aromatic rings. The molecule has 0 atom stereocenters. The van der Waals surface area contributed by atoms with E-state index in [1.807, 2.05) is 12.1 Å². The van der Waals surface area contributed by atoms with E-state index >= 15 is 0 Å². The van der Waals surface area contributed by atoms with Crippen molar-refractivity contribution in [3.63, 3.8) is 0 Å². The average Bonchev–Trinajstić information content (AvgIpc) is 3.67. The summed E-state index contributed by atoms with van der Waals surface area (Å²) in [4.78, 5) is 16.7. The third kappa shape index (κ3) is 3.36. The van der Waals surface area contributed by atoms with Crippen LogP contribution < -0.4 is 0 Å². The summed E-state index contributed by atoms with van der Waals surface area (Å²) in [5, 5.41) is 2.02. The molecule has 0 fully saturated rings. The Labute approximate surface area is 203 Å². The van der Waals surface area contributed by atoms with Crippen LogP contribution in [0.1, 0.15) is 0 Å². The predicted molar refractivity (Wildman–Crippen MR) is 143 cm³/mol. The Hall–Kier alpha value is -4.00. The fraction of sp³-hybridized carbons (Fsp3) is 0. The first-order chi connectivity index (χ1) is 16.8. The highest BCUT2D eigenvalue weighted by molar-refractivity contribution is 7.22. The zero-order valence-corrected chi connectivity index (χ0v) is 19.6. The lowest BCUT2D eigenvalue weighted by atomic mass is 10.1. The Morgan fingerprint density at radius 3 is 1.44 bits per heavy atom. The van der Waals surface area contributed by atoms with E-state index in [1.54, 1.807) is 22.7 Å². The standard InChI is InChI=1S/C28H18N4S2/c1-3-10-25-21(8-1)31-27(33-25)23-14-12-19(29-23)17-6-5-7-18(16-17)20-13-15-24(30-20)28-32-22-9-2-4-11-26(22)34-28/h1-16,29-30H. The second-order valence-corrected chi connectivity index (χ2v) is 10.2. The molecule has 0 spiro atoms. The number of fused-ring (bicyclic) bond motifs is 2. The van der Waals surface area contributed by atoms with Gasteiger partial charge in [0.2, 0.25) is 0 Å². The molecule has 0 bridgehead atoms. The summed E-state index contributed by atoms with van der Waals surface area (Å²) in [6, 6.07) is 33.6. The molecule has 162 valence electrons. The van der Waals surface area contributed by atoms with Crippen LogP contribution in [0.15, 0.2) is 97.1 Å². The van der Waals surface area contributed by atoms with Crippen LogP contribution in [-0.4, -0.2) is 19.9 Å². The highest BCUT2D eigenvalue weighted by Gasteiger charge is 2.12. The van der Waals surface area contributed by atoms with Crippen LogP contribution in [0.2, 0.25) is 0 Å². The van der Waals surface area contributed by atoms with E-state index in [9.17, 15) is 0 Å². The van der Waals surface area contributed by atoms with Crippen LogP contribution in [0.4, 0.5) is 0 Å². The molecule has 0 aliphatic carbocycles. The van der Waals surface area contributed by atoms with Crippen LogP contribution in [0.25, 0.3) is 64.4 Å². The highest BCUT2D eigenvalue weighted by atomic mass is 32.1. The number of nitrogens with one attached hydrogen (secondary N) is 2. The number of aromatic amines is 2. The van der Waals surface area contributed by atoms with Gasteiger partial charge in [-0.15, -0.1) is 22.7 Å². The number of benzene rings is 3. The predicted octanol–water partition coefficient (Wildman–Crippen LogP) is 8.23. The SMILES string of the molecule is c1cc(-c2ccc(-c3nc4ccccc4s3)[nH]2)cc(-c2ccc(-c3nc4ccccc4s3)[nH]2)c1. The Morgan fingerprint density at radius 2 is 0.941 bits per heavy atom. The Morgan fingerprint density at radius 1 is 0.471 bits per heavy atom. The molecule has 4 heterocycles. The largest absolute Gasteiger partial charge is 0.353 e. The van der Waals surface area contributed by atoms with Gasteiger partial charge in [-0.05, 0) is 65.7 Å². The summed E-state index contributed by atoms with van der Waals surface area (Å²) < 4.78 is 2.40. The maximum Gasteiger partial charge on any atom is 0.140 e. The van der Waals surface area contributed by atoms with Gasteiger partial charge < -0.3 is 9.97 Å². The number of para-hydroxylation sites is 2. The van der Waals surface area contributed by atoms with E-state index in [4.69, 9.17) is 9.97 Å². The Bertz CT molecular complexity index is 1590. The van der Waals surface area contributed by atoms with Gasteiger partial charge in [-0.2, -0.15) is 0 Å². The molecule has 0 unspecified atom stereocenters. The van der Waals surface area contributed by atoms with Crippen LogP contribution >= 0.6 is 22.7 Å². The molecule has 4 aromatic heterocycles. The topological polar surface area (TPSA) is 57.4 Å². The van der Waals surface area contributed by atoms with E-state index in [2.05, 4.69) is 94.9 Å². The van der Waals surface area contributed by atoms with Crippen LogP contribution in [0.3, 0.4) is 0 Å². The molecule has 0 amide bonds. The number of H-pyrrole nitrogens is 2. The number of nitrogens with zero attached hydrogens (tertiary/aromatic N) is 2. The molecule has 34 heavy (non-hydrogen) atoms. The zero-order chi connectivity index (χ0) is 22.5. The first-order valence-corrected chi connectivity index (χ1v) is 12.6. The minimum atomic E-state index is 1.01. The van der Waals surface area contributed by atoms with Crippen molar-refractivity contribution < 1.29 is 0 Å². The third-order valence-electron chi connectivity index (χ3n) is 5.91. The van der Waals surface area contributed by atoms with Crippen molar-refractivity contribution in [2.24, 2.45) is 0 Å². The summed E-state index contributed by atoms with van der Waals surface area (Å²) in [6.45, 7) is 0. The van der Waals surface area contributed by atoms with Crippen molar-refractivity contribution in [2.45, 2.75) is 0 Å². The van der Waals surface area contributed by atoms with E-state index in [1.165, 1.54) is 9.40 Å². The second kappa shape index (κ2) is 7.80. The lowest BCUT2D eigenvalue weighted by Gasteiger charge is -2.03. The summed E-state index contributed by atoms with van der Waals surface area (Å²) in [5.74, 6) is 0. The van der Waals surface area contributed by atoms with Crippen LogP contribution in [0.5, 0.6) is 0 Å². The monoisotopic (exact) mass is 474 g/mol. The van der Waals surface area contributed by atoms with Gasteiger partial charge >= 0.3 is 0 Å². The third-order valence-corrected chi connectivity index (χ3v) is 8.04. The maximum absolute atomic E-state index is 4.78. The Balaban J connectivity index is 1.20. The van der Waals surface area contributed by atoms with Crippen molar-refractivity contribution in [3.8, 4) is 43.9 Å². The second-order valence-electron chi connectivity index (χ2n) is 8.13. The number of hydrogen-bond acceptors (Lipinski definition) is 4. The number of hydrogen-bond donors (Lipinski definition) is 2. The van der Waals surface area contributed by atoms with Crippen molar-refractivity contribution >= 4 is 43.1 Å². The quantitative estimate of drug-likeness (QED) is 0.270. The fourth-order valence-electron chi connectivity index (χ4n) is 4.21. The first-order valence-electron chi connectivity index (χ1n) is 11.0. The summed E-state index contributed by atoms with van der Waals surface area (Å²) in [7, 11) is 0. The molecule has 0 radical (unpaired) electrons. The fourth-order valence-corrected chi connectivity index (χ4v) is 6.10. The maximum atomic E-state index is 4.78. The van der Waals surface area contributed by atoms with Gasteiger partial charge in [-0.25, -0.2) is 9.97 Å². The van der Waals surface area contributed by atoms with Gasteiger partial charge in [0.1, 0.15) is 10.0 Å². The molecule has 4 nitrogen and oxygen atoms in total. The van der Waals surface area contributed by atoms with Crippen molar-refractivity contribution in [2.75, 3.05) is 0 Å². The minimum Gasteiger partial charge on any atom is -0.353 e. The molecule has 0 aliphatic heterocycles. The highest BCUT2D eigenvalue weighted by Crippen LogP contribution is 2.34. The van der Waals surface area contributed by atoms with Gasteiger partial charge in [-0.1, -0.05) is 42.5 Å². The summed E-state index contributed by atoms with van der Waals surface area (Å²) in [5.41, 5.74) is 8.59. The van der Waals surface area contributed by atoms with Gasteiger partial charge in [0.25, 0.3) is 0 Å². The van der Waals surface area contributed by atoms with Crippen molar-refractivity contribution in [1.29, 1.82) is 0 Å². The lowest BCUT2D eigenvalue weighted by molar-refractivity contribution is 1.35. The first kappa shape index (κ1) is 19.5. The lowest BCUT2D eigenvalue weighted by Crippen LogP contribution is -1.83. The molecule has 0 saturated heterocycles. The number of thiazole rings is 2. The molecule has 2 N–H and O–H groups in total. The van der Waals surface area contributed by atoms with E-state index in [-0.39, 0.29) is 0 Å². The van der Waals surface area contributed by atoms with Gasteiger partial charge in [0.05, 0.1) is 31.8 Å². The average molecular weight is 475 g/mol. The van der Waals surface area contributed by atoms with Crippen LogP contribution in [0, 0.1) is 0 Å². The summed E-state index contributed by atoms with van der Waals surface area (Å²) in [6.07, 6.45) is 0. The molecule has 0 aliphatic rings. The number of aromatic nitrogens is 4. The van der Waals surface area contributed by atoms with Gasteiger partial charge in [0, 0.05) is 11.4 Å². The molecule has 7 rings (SSSR count). The molecular formula is C28H18N4S2. The van der Waals surface area contributed by atoms with E-state index < -0.39 is 0 Å². The minimum absolute atomic E-state index is 1.01. The normalized spacial score (nSPS) is 11.5. The smallest absolute Gasteiger partial charge is 0.140 e. The Kier molecular flexibility index (Phi) is 4.46. The molecule has 3 aromatic carbocycles. The zero-order valence-electron chi connectivity index (χ0n) is 17.9. The van der Waals surface area contributed by atoms with Crippen LogP contribution in [-0.2, 0) is 0 Å². The van der Waals surface area contributed by atoms with E-state index in [0.29, 0.717) is 0 Å². The number of rotatable bonds is 4. The summed E-state index contributed by atoms with van der Waals surface area (Å²) >= 11 is 3.42. The molecule has 0 saturated carbocycles. The van der Waals surface area contributed by atoms with E-state index in [0.717, 1.165) is 55.0 Å².